The van der Waals surface area contributed by atoms with E-state index in [1.54, 1.807) is 7.11 Å². The van der Waals surface area contributed by atoms with Crippen molar-refractivity contribution < 1.29 is 19.4 Å². The van der Waals surface area contributed by atoms with E-state index in [1.807, 2.05) is 82.6 Å². The second kappa shape index (κ2) is 12.2. The van der Waals surface area contributed by atoms with Crippen molar-refractivity contribution in [2.45, 2.75) is 13.1 Å². The van der Waals surface area contributed by atoms with Crippen LogP contribution in [0.25, 0.3) is 21.9 Å². The molecular weight excluding hydrogens is 564 g/mol. The van der Waals surface area contributed by atoms with Crippen LogP contribution in [0.5, 0.6) is 5.75 Å². The molecule has 2 aliphatic rings. The third-order valence-corrected chi connectivity index (χ3v) is 9.07. The number of nitrogens with zero attached hydrogens (tertiary/aromatic N) is 4. The maximum absolute atomic E-state index is 14.3. The Balaban J connectivity index is 1.20. The maximum Gasteiger partial charge on any atom is 0.270 e. The second-order valence-electron chi connectivity index (χ2n) is 11.6. The SMILES string of the molecule is COc1cc(C(=O)N2Cc3ccc(C(=O)N4CCN(CCO)CC4)n3Cc3ccccc32)ccc1-c1cccc2ccccc12. The third kappa shape index (κ3) is 5.36. The second-order valence-corrected chi connectivity index (χ2v) is 11.6. The van der Waals surface area contributed by atoms with Gasteiger partial charge in [0.25, 0.3) is 11.8 Å². The van der Waals surface area contributed by atoms with Gasteiger partial charge < -0.3 is 24.2 Å². The van der Waals surface area contributed by atoms with Crippen LogP contribution in [0.1, 0.15) is 32.1 Å². The number of β-amino-alcohol motifs (C(OH)–C–C–N with tert-alkyl or cyclic N) is 1. The van der Waals surface area contributed by atoms with Crippen LogP contribution in [0, 0.1) is 0 Å². The molecule has 0 atom stereocenters. The first-order valence-corrected chi connectivity index (χ1v) is 15.4. The van der Waals surface area contributed by atoms with Gasteiger partial charge in [0.15, 0.2) is 0 Å². The number of piperazine rings is 1. The van der Waals surface area contributed by atoms with Crippen molar-refractivity contribution in [1.82, 2.24) is 14.4 Å². The van der Waals surface area contributed by atoms with Crippen LogP contribution >= 0.6 is 0 Å². The summed E-state index contributed by atoms with van der Waals surface area (Å²) in [4.78, 5) is 33.9. The highest BCUT2D eigenvalue weighted by atomic mass is 16.5. The molecule has 2 amide bonds. The number of carbonyl (C=O) groups excluding carboxylic acids is 2. The van der Waals surface area contributed by atoms with E-state index in [1.165, 1.54) is 0 Å². The number of rotatable bonds is 6. The van der Waals surface area contributed by atoms with Crippen molar-refractivity contribution in [2.24, 2.45) is 0 Å². The van der Waals surface area contributed by atoms with Crippen molar-refractivity contribution in [3.8, 4) is 16.9 Å². The summed E-state index contributed by atoms with van der Waals surface area (Å²) in [6, 6.07) is 31.9. The molecule has 1 N–H and O–H groups in total. The Hall–Kier alpha value is -4.92. The number of aliphatic hydroxyl groups is 1. The molecule has 45 heavy (non-hydrogen) atoms. The van der Waals surface area contributed by atoms with E-state index in [2.05, 4.69) is 33.7 Å². The van der Waals surface area contributed by atoms with Gasteiger partial charge in [-0.1, -0.05) is 60.7 Å². The summed E-state index contributed by atoms with van der Waals surface area (Å²) >= 11 is 0. The zero-order valence-electron chi connectivity index (χ0n) is 25.4. The summed E-state index contributed by atoms with van der Waals surface area (Å²) in [5, 5.41) is 11.5. The van der Waals surface area contributed by atoms with E-state index in [9.17, 15) is 14.7 Å². The molecule has 0 saturated carbocycles. The Morgan fingerprint density at radius 2 is 1.56 bits per heavy atom. The zero-order valence-corrected chi connectivity index (χ0v) is 25.4. The van der Waals surface area contributed by atoms with E-state index in [0.29, 0.717) is 49.7 Å². The number of amides is 2. The van der Waals surface area contributed by atoms with Crippen LogP contribution < -0.4 is 9.64 Å². The summed E-state index contributed by atoms with van der Waals surface area (Å²) in [7, 11) is 1.64. The normalized spacial score (nSPS) is 15.0. The summed E-state index contributed by atoms with van der Waals surface area (Å²) in [5.41, 5.74) is 5.85. The van der Waals surface area contributed by atoms with Gasteiger partial charge in [-0.15, -0.1) is 0 Å². The van der Waals surface area contributed by atoms with Crippen LogP contribution in [-0.4, -0.2) is 77.7 Å². The highest BCUT2D eigenvalue weighted by Crippen LogP contribution is 2.37. The number of hydrogen-bond acceptors (Lipinski definition) is 5. The average Bonchev–Trinajstić information content (AvgIpc) is 3.40. The van der Waals surface area contributed by atoms with Crippen molar-refractivity contribution in [2.75, 3.05) is 51.3 Å². The first kappa shape index (κ1) is 28.8. The molecule has 1 aromatic heterocycles. The van der Waals surface area contributed by atoms with Gasteiger partial charge in [0.2, 0.25) is 0 Å². The smallest absolute Gasteiger partial charge is 0.270 e. The molecule has 7 rings (SSSR count). The van der Waals surface area contributed by atoms with Crippen molar-refractivity contribution in [1.29, 1.82) is 0 Å². The number of benzene rings is 4. The molecular formula is C37H36N4O4. The molecule has 4 aromatic carbocycles. The van der Waals surface area contributed by atoms with E-state index in [4.69, 9.17) is 4.74 Å². The van der Waals surface area contributed by atoms with Gasteiger partial charge in [-0.3, -0.25) is 14.5 Å². The number of methoxy groups -OCH3 is 1. The monoisotopic (exact) mass is 600 g/mol. The molecule has 8 heteroatoms. The molecule has 0 bridgehead atoms. The van der Waals surface area contributed by atoms with Crippen LogP contribution in [0.3, 0.4) is 0 Å². The number of fused-ring (bicyclic) bond motifs is 3. The van der Waals surface area contributed by atoms with Crippen LogP contribution in [0.15, 0.2) is 97.1 Å². The van der Waals surface area contributed by atoms with Crippen molar-refractivity contribution >= 4 is 28.3 Å². The summed E-state index contributed by atoms with van der Waals surface area (Å²) < 4.78 is 7.91. The van der Waals surface area contributed by atoms with E-state index in [-0.39, 0.29) is 18.4 Å². The number of para-hydroxylation sites is 1. The molecule has 8 nitrogen and oxygen atoms in total. The first-order valence-electron chi connectivity index (χ1n) is 15.4. The largest absolute Gasteiger partial charge is 0.496 e. The molecule has 5 aromatic rings. The van der Waals surface area contributed by atoms with Gasteiger partial charge >= 0.3 is 0 Å². The number of aromatic nitrogens is 1. The van der Waals surface area contributed by atoms with Crippen LogP contribution in [-0.2, 0) is 13.1 Å². The van der Waals surface area contributed by atoms with E-state index < -0.39 is 0 Å². The van der Waals surface area contributed by atoms with Crippen LogP contribution in [0.4, 0.5) is 5.69 Å². The molecule has 3 heterocycles. The minimum atomic E-state index is -0.132. The van der Waals surface area contributed by atoms with E-state index in [0.717, 1.165) is 51.9 Å². The van der Waals surface area contributed by atoms with Gasteiger partial charge in [-0.2, -0.15) is 0 Å². The first-order chi connectivity index (χ1) is 22.1. The molecule has 0 radical (unpaired) electrons. The Morgan fingerprint density at radius 3 is 2.38 bits per heavy atom. The summed E-state index contributed by atoms with van der Waals surface area (Å²) in [6.07, 6.45) is 0. The fraction of sp³-hybridized carbons (Fsp3) is 0.243. The van der Waals surface area contributed by atoms with Gasteiger partial charge in [-0.05, 0) is 58.3 Å². The fourth-order valence-corrected chi connectivity index (χ4v) is 6.67. The molecule has 228 valence electrons. The lowest BCUT2D eigenvalue weighted by atomic mass is 9.96. The number of carbonyl (C=O) groups is 2. The Labute approximate surface area is 262 Å². The van der Waals surface area contributed by atoms with Crippen molar-refractivity contribution in [3.05, 3.63) is 120 Å². The van der Waals surface area contributed by atoms with Crippen LogP contribution in [0.2, 0.25) is 0 Å². The molecule has 0 spiro atoms. The van der Waals surface area contributed by atoms with Crippen molar-refractivity contribution in [3.63, 3.8) is 0 Å². The average molecular weight is 601 g/mol. The maximum atomic E-state index is 14.3. The van der Waals surface area contributed by atoms with E-state index >= 15 is 0 Å². The van der Waals surface area contributed by atoms with Gasteiger partial charge in [0, 0.05) is 55.2 Å². The standard InChI is InChI=1S/C37H36N4O4/c1-45-35-23-27(13-15-32(35)31-11-6-9-26-7-2-4-10-30(26)31)36(43)41-25-29-14-16-34(40(29)24-28-8-3-5-12-33(28)41)37(44)39-19-17-38(18-20-39)21-22-42/h2-16,23,42H,17-22,24-25H2,1H3. The van der Waals surface area contributed by atoms with Gasteiger partial charge in [0.1, 0.15) is 11.4 Å². The zero-order chi connectivity index (χ0) is 30.9. The Kier molecular flexibility index (Phi) is 7.83. The fourth-order valence-electron chi connectivity index (χ4n) is 6.67. The lowest BCUT2D eigenvalue weighted by Gasteiger charge is -2.34. The third-order valence-electron chi connectivity index (χ3n) is 9.07. The minimum Gasteiger partial charge on any atom is -0.496 e. The predicted octanol–water partition coefficient (Wildman–Crippen LogP) is 5.28. The summed E-state index contributed by atoms with van der Waals surface area (Å²) in [5.74, 6) is 0.499. The Morgan fingerprint density at radius 1 is 0.778 bits per heavy atom. The summed E-state index contributed by atoms with van der Waals surface area (Å²) in [6.45, 7) is 4.31. The quantitative estimate of drug-likeness (QED) is 0.287. The molecule has 0 unspecified atom stereocenters. The van der Waals surface area contributed by atoms with Gasteiger partial charge in [-0.25, -0.2) is 0 Å². The molecule has 1 fully saturated rings. The topological polar surface area (TPSA) is 78.2 Å². The number of hydrogen-bond donors (Lipinski definition) is 1. The molecule has 1 saturated heterocycles. The number of anilines is 1. The minimum absolute atomic E-state index is 0.00378. The number of ether oxygens (including phenoxy) is 1. The highest BCUT2D eigenvalue weighted by molar-refractivity contribution is 6.08. The Bertz CT molecular complexity index is 1880. The predicted molar refractivity (Wildman–Crippen MR) is 176 cm³/mol. The highest BCUT2D eigenvalue weighted by Gasteiger charge is 2.30. The molecule has 2 aliphatic heterocycles. The molecule has 0 aliphatic carbocycles. The lowest BCUT2D eigenvalue weighted by Crippen LogP contribution is -2.49. The number of aliphatic hydroxyl groups excluding tert-OH is 1. The lowest BCUT2D eigenvalue weighted by molar-refractivity contribution is 0.0605. The van der Waals surface area contributed by atoms with Gasteiger partial charge in [0.05, 0.1) is 26.8 Å².